The van der Waals surface area contributed by atoms with Crippen LogP contribution in [0, 0.1) is 0 Å². The molecule has 0 radical (unpaired) electrons. The van der Waals surface area contributed by atoms with Crippen molar-refractivity contribution >= 4 is 5.97 Å². The van der Waals surface area contributed by atoms with Gasteiger partial charge in [-0.2, -0.15) is 0 Å². The minimum absolute atomic E-state index is 0.275. The lowest BCUT2D eigenvalue weighted by atomic mass is 9.99. The molecule has 0 unspecified atom stereocenters. The number of rotatable bonds is 5. The number of carbonyl (C=O) groups is 1. The lowest BCUT2D eigenvalue weighted by Crippen LogP contribution is -2.24. The molecule has 1 aromatic carbocycles. The van der Waals surface area contributed by atoms with Crippen LogP contribution in [-0.2, 0) is 22.4 Å². The molecule has 1 heterocycles. The van der Waals surface area contributed by atoms with Crippen molar-refractivity contribution in [1.82, 2.24) is 5.32 Å². The van der Waals surface area contributed by atoms with Gasteiger partial charge in [0.1, 0.15) is 6.61 Å². The standard InChI is InChI=1S/C14H19NO3/c1-2-17-7-8-18-14(16)12-4-3-11-5-6-15-10-13(11)9-12/h3-4,9,15H,2,5-8,10H2,1H3. The lowest BCUT2D eigenvalue weighted by molar-refractivity contribution is 0.0335. The molecule has 0 atom stereocenters. The first-order chi connectivity index (χ1) is 8.81. The zero-order valence-corrected chi connectivity index (χ0v) is 10.7. The SMILES string of the molecule is CCOCCOC(=O)c1ccc2c(c1)CNCC2. The molecule has 1 aliphatic rings. The fourth-order valence-electron chi connectivity index (χ4n) is 2.03. The largest absolute Gasteiger partial charge is 0.460 e. The third-order valence-electron chi connectivity index (χ3n) is 2.99. The molecule has 0 saturated heterocycles. The molecule has 4 heteroatoms. The molecule has 1 aromatic rings. The molecular weight excluding hydrogens is 230 g/mol. The van der Waals surface area contributed by atoms with Crippen LogP contribution in [0.3, 0.4) is 0 Å². The van der Waals surface area contributed by atoms with Crippen LogP contribution in [0.5, 0.6) is 0 Å². The predicted molar refractivity (Wildman–Crippen MR) is 68.6 cm³/mol. The normalized spacial score (nSPS) is 14.1. The van der Waals surface area contributed by atoms with Crippen LogP contribution in [0.1, 0.15) is 28.4 Å². The molecule has 1 aliphatic heterocycles. The highest BCUT2D eigenvalue weighted by molar-refractivity contribution is 5.89. The maximum Gasteiger partial charge on any atom is 0.338 e. The molecule has 0 bridgehead atoms. The summed E-state index contributed by atoms with van der Waals surface area (Å²) in [4.78, 5) is 11.8. The summed E-state index contributed by atoms with van der Waals surface area (Å²) < 4.78 is 10.3. The van der Waals surface area contributed by atoms with Crippen LogP contribution < -0.4 is 5.32 Å². The smallest absolute Gasteiger partial charge is 0.338 e. The van der Waals surface area contributed by atoms with E-state index in [-0.39, 0.29) is 5.97 Å². The number of esters is 1. The Morgan fingerprint density at radius 1 is 1.33 bits per heavy atom. The van der Waals surface area contributed by atoms with E-state index >= 15 is 0 Å². The number of nitrogens with one attached hydrogen (secondary N) is 1. The van der Waals surface area contributed by atoms with E-state index in [0.29, 0.717) is 25.4 Å². The van der Waals surface area contributed by atoms with Crippen molar-refractivity contribution in [2.45, 2.75) is 19.9 Å². The van der Waals surface area contributed by atoms with Crippen molar-refractivity contribution in [3.8, 4) is 0 Å². The number of hydrogen-bond donors (Lipinski definition) is 1. The van der Waals surface area contributed by atoms with Gasteiger partial charge in [0.15, 0.2) is 0 Å². The van der Waals surface area contributed by atoms with Gasteiger partial charge in [-0.3, -0.25) is 0 Å². The van der Waals surface area contributed by atoms with Gasteiger partial charge in [-0.25, -0.2) is 4.79 Å². The second-order valence-electron chi connectivity index (χ2n) is 4.24. The van der Waals surface area contributed by atoms with E-state index in [9.17, 15) is 4.79 Å². The molecular formula is C14H19NO3. The Balaban J connectivity index is 1.94. The highest BCUT2D eigenvalue weighted by Crippen LogP contribution is 2.16. The number of benzene rings is 1. The van der Waals surface area contributed by atoms with Crippen molar-refractivity contribution in [3.63, 3.8) is 0 Å². The molecule has 18 heavy (non-hydrogen) atoms. The summed E-state index contributed by atoms with van der Waals surface area (Å²) in [5.74, 6) is -0.275. The summed E-state index contributed by atoms with van der Waals surface area (Å²) >= 11 is 0. The summed E-state index contributed by atoms with van der Waals surface area (Å²) in [6, 6.07) is 5.78. The number of hydrogen-bond acceptors (Lipinski definition) is 4. The van der Waals surface area contributed by atoms with E-state index in [4.69, 9.17) is 9.47 Å². The van der Waals surface area contributed by atoms with Crippen LogP contribution in [0.15, 0.2) is 18.2 Å². The van der Waals surface area contributed by atoms with Gasteiger partial charge in [0, 0.05) is 13.2 Å². The van der Waals surface area contributed by atoms with E-state index in [0.717, 1.165) is 19.5 Å². The van der Waals surface area contributed by atoms with Gasteiger partial charge < -0.3 is 14.8 Å². The molecule has 4 nitrogen and oxygen atoms in total. The Kier molecular flexibility index (Phi) is 4.73. The van der Waals surface area contributed by atoms with Crippen LogP contribution >= 0.6 is 0 Å². The number of ether oxygens (including phenoxy) is 2. The summed E-state index contributed by atoms with van der Waals surface area (Å²) in [7, 11) is 0. The molecule has 0 aliphatic carbocycles. The highest BCUT2D eigenvalue weighted by atomic mass is 16.6. The van der Waals surface area contributed by atoms with Gasteiger partial charge >= 0.3 is 5.97 Å². The van der Waals surface area contributed by atoms with Crippen molar-refractivity contribution in [2.24, 2.45) is 0 Å². The van der Waals surface area contributed by atoms with E-state index in [1.807, 2.05) is 25.1 Å². The second kappa shape index (κ2) is 6.52. The van der Waals surface area contributed by atoms with E-state index in [1.165, 1.54) is 11.1 Å². The zero-order chi connectivity index (χ0) is 12.8. The highest BCUT2D eigenvalue weighted by Gasteiger charge is 2.13. The minimum Gasteiger partial charge on any atom is -0.460 e. The van der Waals surface area contributed by atoms with Gasteiger partial charge in [0.25, 0.3) is 0 Å². The topological polar surface area (TPSA) is 47.6 Å². The third kappa shape index (κ3) is 3.31. The minimum atomic E-state index is -0.275. The van der Waals surface area contributed by atoms with Crippen molar-refractivity contribution < 1.29 is 14.3 Å². The Hall–Kier alpha value is -1.39. The first-order valence-electron chi connectivity index (χ1n) is 6.38. The van der Waals surface area contributed by atoms with Crippen LogP contribution in [0.4, 0.5) is 0 Å². The average molecular weight is 249 g/mol. The summed E-state index contributed by atoms with van der Waals surface area (Å²) in [5, 5.41) is 3.29. The fraction of sp³-hybridized carbons (Fsp3) is 0.500. The Labute approximate surface area is 107 Å². The van der Waals surface area contributed by atoms with E-state index in [2.05, 4.69) is 5.32 Å². The van der Waals surface area contributed by atoms with Crippen LogP contribution in [-0.4, -0.2) is 32.3 Å². The van der Waals surface area contributed by atoms with Gasteiger partial charge in [-0.1, -0.05) is 6.07 Å². The molecule has 1 N–H and O–H groups in total. The van der Waals surface area contributed by atoms with Crippen LogP contribution in [0.25, 0.3) is 0 Å². The Morgan fingerprint density at radius 3 is 3.06 bits per heavy atom. The fourth-order valence-corrected chi connectivity index (χ4v) is 2.03. The lowest BCUT2D eigenvalue weighted by Gasteiger charge is -2.17. The number of carbonyl (C=O) groups excluding carboxylic acids is 1. The molecule has 0 saturated carbocycles. The molecule has 0 fully saturated rings. The molecule has 0 amide bonds. The van der Waals surface area contributed by atoms with E-state index in [1.54, 1.807) is 0 Å². The molecule has 0 aromatic heterocycles. The molecule has 98 valence electrons. The zero-order valence-electron chi connectivity index (χ0n) is 10.7. The quantitative estimate of drug-likeness (QED) is 0.635. The molecule has 2 rings (SSSR count). The van der Waals surface area contributed by atoms with Gasteiger partial charge in [-0.05, 0) is 43.1 Å². The van der Waals surface area contributed by atoms with Crippen molar-refractivity contribution in [2.75, 3.05) is 26.4 Å². The second-order valence-corrected chi connectivity index (χ2v) is 4.24. The van der Waals surface area contributed by atoms with Crippen LogP contribution in [0.2, 0.25) is 0 Å². The Bertz CT molecular complexity index is 418. The summed E-state index contributed by atoms with van der Waals surface area (Å²) in [6.07, 6.45) is 1.02. The maximum atomic E-state index is 11.8. The first kappa shape index (κ1) is 13.1. The molecule has 0 spiro atoms. The number of fused-ring (bicyclic) bond motifs is 1. The van der Waals surface area contributed by atoms with Gasteiger partial charge in [0.2, 0.25) is 0 Å². The monoisotopic (exact) mass is 249 g/mol. The Morgan fingerprint density at radius 2 is 2.22 bits per heavy atom. The average Bonchev–Trinajstić information content (AvgIpc) is 2.43. The van der Waals surface area contributed by atoms with E-state index < -0.39 is 0 Å². The summed E-state index contributed by atoms with van der Waals surface area (Å²) in [5.41, 5.74) is 3.13. The third-order valence-corrected chi connectivity index (χ3v) is 2.99. The maximum absolute atomic E-state index is 11.8. The van der Waals surface area contributed by atoms with Crippen molar-refractivity contribution in [3.05, 3.63) is 34.9 Å². The summed E-state index contributed by atoms with van der Waals surface area (Å²) in [6.45, 7) is 5.15. The van der Waals surface area contributed by atoms with Crippen molar-refractivity contribution in [1.29, 1.82) is 0 Å². The predicted octanol–water partition coefficient (Wildman–Crippen LogP) is 1.53. The van der Waals surface area contributed by atoms with Gasteiger partial charge in [0.05, 0.1) is 12.2 Å². The van der Waals surface area contributed by atoms with Gasteiger partial charge in [-0.15, -0.1) is 0 Å². The first-order valence-corrected chi connectivity index (χ1v) is 6.38.